The van der Waals surface area contributed by atoms with E-state index in [0.29, 0.717) is 5.39 Å². The highest BCUT2D eigenvalue weighted by Crippen LogP contribution is 2.16. The summed E-state index contributed by atoms with van der Waals surface area (Å²) < 4.78 is 0. The molecule has 0 unspecified atom stereocenters. The molecule has 0 aliphatic heterocycles. The number of H-pyrrole nitrogens is 1. The lowest BCUT2D eigenvalue weighted by atomic mass is 10.1. The van der Waals surface area contributed by atoms with Crippen molar-refractivity contribution in [2.75, 3.05) is 19.0 Å². The summed E-state index contributed by atoms with van der Waals surface area (Å²) in [5.74, 6) is 0. The van der Waals surface area contributed by atoms with E-state index in [-0.39, 0.29) is 5.56 Å². The maximum absolute atomic E-state index is 11.6. The fourth-order valence-electron chi connectivity index (χ4n) is 2.30. The van der Waals surface area contributed by atoms with Crippen molar-refractivity contribution in [2.24, 2.45) is 0 Å². The second kappa shape index (κ2) is 5.85. The van der Waals surface area contributed by atoms with Crippen LogP contribution >= 0.6 is 0 Å². The number of anilines is 1. The van der Waals surface area contributed by atoms with E-state index in [9.17, 15) is 4.79 Å². The zero-order chi connectivity index (χ0) is 15.5. The zero-order valence-electron chi connectivity index (χ0n) is 12.6. The van der Waals surface area contributed by atoms with E-state index < -0.39 is 0 Å². The van der Waals surface area contributed by atoms with Gasteiger partial charge in [-0.3, -0.25) is 4.79 Å². The number of aromatic amines is 1. The third-order valence-electron chi connectivity index (χ3n) is 3.57. The highest BCUT2D eigenvalue weighted by Gasteiger charge is 1.99. The Morgan fingerprint density at radius 1 is 1.00 bits per heavy atom. The molecule has 3 aromatic rings. The van der Waals surface area contributed by atoms with Gasteiger partial charge in [-0.05, 0) is 35.4 Å². The number of aromatic nitrogens is 2. The van der Waals surface area contributed by atoms with Gasteiger partial charge in [-0.1, -0.05) is 30.4 Å². The van der Waals surface area contributed by atoms with Crippen molar-refractivity contribution >= 4 is 28.6 Å². The van der Waals surface area contributed by atoms with Gasteiger partial charge in [0.25, 0.3) is 5.56 Å². The first-order valence-corrected chi connectivity index (χ1v) is 7.06. The normalized spacial score (nSPS) is 11.2. The van der Waals surface area contributed by atoms with E-state index in [4.69, 9.17) is 0 Å². The molecular formula is C18H17N3O. The van der Waals surface area contributed by atoms with E-state index in [1.807, 2.05) is 38.4 Å². The Balaban J connectivity index is 1.87. The van der Waals surface area contributed by atoms with Crippen LogP contribution in [0.5, 0.6) is 0 Å². The molecule has 4 heteroatoms. The van der Waals surface area contributed by atoms with E-state index >= 15 is 0 Å². The van der Waals surface area contributed by atoms with Gasteiger partial charge in [0.1, 0.15) is 0 Å². The molecule has 1 aromatic heterocycles. The molecule has 0 aliphatic rings. The number of fused-ring (bicyclic) bond motifs is 1. The molecule has 0 amide bonds. The lowest BCUT2D eigenvalue weighted by Crippen LogP contribution is -2.07. The van der Waals surface area contributed by atoms with Crippen molar-refractivity contribution in [2.45, 2.75) is 0 Å². The van der Waals surface area contributed by atoms with Crippen LogP contribution in [0.25, 0.3) is 22.9 Å². The van der Waals surface area contributed by atoms with Gasteiger partial charge >= 0.3 is 0 Å². The molecular weight excluding hydrogens is 274 g/mol. The van der Waals surface area contributed by atoms with Crippen LogP contribution in [0, 0.1) is 0 Å². The van der Waals surface area contributed by atoms with Crippen LogP contribution in [0.1, 0.15) is 11.1 Å². The smallest absolute Gasteiger partial charge is 0.272 e. The molecule has 1 heterocycles. The fraction of sp³-hybridized carbons (Fsp3) is 0.111. The highest BCUT2D eigenvalue weighted by atomic mass is 16.1. The number of hydrogen-bond acceptors (Lipinski definition) is 3. The van der Waals surface area contributed by atoms with Crippen LogP contribution in [0.3, 0.4) is 0 Å². The summed E-state index contributed by atoms with van der Waals surface area (Å²) in [5, 5.41) is 7.77. The molecule has 110 valence electrons. The number of nitrogens with one attached hydrogen (secondary N) is 1. The van der Waals surface area contributed by atoms with Gasteiger partial charge in [-0.15, -0.1) is 0 Å². The molecule has 4 nitrogen and oxygen atoms in total. The molecule has 0 saturated heterocycles. The summed E-state index contributed by atoms with van der Waals surface area (Å²) in [4.78, 5) is 13.7. The summed E-state index contributed by atoms with van der Waals surface area (Å²) in [6.45, 7) is 0. The minimum absolute atomic E-state index is 0.160. The topological polar surface area (TPSA) is 49.0 Å². The third kappa shape index (κ3) is 2.91. The molecule has 0 radical (unpaired) electrons. The van der Waals surface area contributed by atoms with Crippen molar-refractivity contribution in [1.82, 2.24) is 10.2 Å². The summed E-state index contributed by atoms with van der Waals surface area (Å²) in [6, 6.07) is 14.1. The van der Waals surface area contributed by atoms with Crippen LogP contribution in [0.2, 0.25) is 0 Å². The quantitative estimate of drug-likeness (QED) is 0.754. The minimum Gasteiger partial charge on any atom is -0.378 e. The van der Waals surface area contributed by atoms with Crippen molar-refractivity contribution in [3.05, 3.63) is 70.1 Å². The average Bonchev–Trinajstić information content (AvgIpc) is 2.53. The molecule has 0 bridgehead atoms. The van der Waals surface area contributed by atoms with Gasteiger partial charge in [0, 0.05) is 25.2 Å². The maximum atomic E-state index is 11.6. The van der Waals surface area contributed by atoms with E-state index in [2.05, 4.69) is 45.4 Å². The molecule has 2 aromatic carbocycles. The highest BCUT2D eigenvalue weighted by molar-refractivity contribution is 5.84. The van der Waals surface area contributed by atoms with Gasteiger partial charge in [0.2, 0.25) is 0 Å². The first-order valence-electron chi connectivity index (χ1n) is 7.06. The lowest BCUT2D eigenvalue weighted by molar-refractivity contribution is 1.01. The van der Waals surface area contributed by atoms with E-state index in [0.717, 1.165) is 16.5 Å². The molecule has 0 aliphatic carbocycles. The molecule has 0 saturated carbocycles. The summed E-state index contributed by atoms with van der Waals surface area (Å²) in [5.41, 5.74) is 3.19. The van der Waals surface area contributed by atoms with Crippen LogP contribution in [-0.2, 0) is 0 Å². The van der Waals surface area contributed by atoms with Gasteiger partial charge in [0.05, 0.1) is 11.6 Å². The first-order chi connectivity index (χ1) is 10.6. The second-order valence-electron chi connectivity index (χ2n) is 5.37. The van der Waals surface area contributed by atoms with Crippen molar-refractivity contribution < 1.29 is 0 Å². The van der Waals surface area contributed by atoms with Crippen LogP contribution in [0.4, 0.5) is 5.69 Å². The van der Waals surface area contributed by atoms with Gasteiger partial charge in [-0.2, -0.15) is 5.10 Å². The predicted molar refractivity (Wildman–Crippen MR) is 92.1 cm³/mol. The molecule has 0 spiro atoms. The number of hydrogen-bond donors (Lipinski definition) is 1. The Hall–Kier alpha value is -2.88. The standard InChI is InChI=1S/C18H17N3O/c1-21(2)16-8-5-13(6-9-16)3-4-14-7-10-17-15(11-14)12-19-20-18(17)22/h3-12H,1-2H3,(H,20,22)/b4-3-. The molecule has 0 atom stereocenters. The summed E-state index contributed by atoms with van der Waals surface area (Å²) in [6.07, 6.45) is 5.76. The summed E-state index contributed by atoms with van der Waals surface area (Å²) >= 11 is 0. The number of benzene rings is 2. The molecule has 3 rings (SSSR count). The van der Waals surface area contributed by atoms with E-state index in [1.165, 1.54) is 5.69 Å². The molecule has 0 fully saturated rings. The van der Waals surface area contributed by atoms with Crippen LogP contribution in [0.15, 0.2) is 53.5 Å². The van der Waals surface area contributed by atoms with Gasteiger partial charge < -0.3 is 4.90 Å². The van der Waals surface area contributed by atoms with Crippen molar-refractivity contribution in [3.63, 3.8) is 0 Å². The zero-order valence-corrected chi connectivity index (χ0v) is 12.6. The van der Waals surface area contributed by atoms with Gasteiger partial charge in [-0.25, -0.2) is 5.10 Å². The van der Waals surface area contributed by atoms with Crippen LogP contribution < -0.4 is 10.5 Å². The maximum Gasteiger partial charge on any atom is 0.272 e. The predicted octanol–water partition coefficient (Wildman–Crippen LogP) is 3.16. The Kier molecular flexibility index (Phi) is 3.74. The molecule has 1 N–H and O–H groups in total. The molecule has 22 heavy (non-hydrogen) atoms. The Morgan fingerprint density at radius 2 is 1.68 bits per heavy atom. The first kappa shape index (κ1) is 14.1. The third-order valence-corrected chi connectivity index (χ3v) is 3.57. The average molecular weight is 291 g/mol. The lowest BCUT2D eigenvalue weighted by Gasteiger charge is -2.11. The fourth-order valence-corrected chi connectivity index (χ4v) is 2.30. The van der Waals surface area contributed by atoms with E-state index in [1.54, 1.807) is 6.20 Å². The second-order valence-corrected chi connectivity index (χ2v) is 5.37. The minimum atomic E-state index is -0.160. The largest absolute Gasteiger partial charge is 0.378 e. The number of rotatable bonds is 3. The Labute approximate surface area is 128 Å². The number of nitrogens with zero attached hydrogens (tertiary/aromatic N) is 2. The van der Waals surface area contributed by atoms with Crippen molar-refractivity contribution in [1.29, 1.82) is 0 Å². The Bertz CT molecular complexity index is 877. The monoisotopic (exact) mass is 291 g/mol. The Morgan fingerprint density at radius 3 is 2.41 bits per heavy atom. The van der Waals surface area contributed by atoms with Gasteiger partial charge in [0.15, 0.2) is 0 Å². The van der Waals surface area contributed by atoms with Crippen molar-refractivity contribution in [3.8, 4) is 0 Å². The summed E-state index contributed by atoms with van der Waals surface area (Å²) in [7, 11) is 4.05. The SMILES string of the molecule is CN(C)c1ccc(/C=C\c2ccc3c(=O)[nH]ncc3c2)cc1. The van der Waals surface area contributed by atoms with Crippen LogP contribution in [-0.4, -0.2) is 24.3 Å².